The normalized spacial score (nSPS) is 10.1. The molecule has 0 heterocycles. The highest BCUT2D eigenvalue weighted by atomic mass is 79.9. The van der Waals surface area contributed by atoms with Gasteiger partial charge < -0.3 is 5.11 Å². The van der Waals surface area contributed by atoms with E-state index in [9.17, 15) is 4.79 Å². The fourth-order valence-electron chi connectivity index (χ4n) is 1.05. The zero-order chi connectivity index (χ0) is 10.0. The molecule has 0 radical (unpaired) electrons. The van der Waals surface area contributed by atoms with Crippen LogP contribution in [0.15, 0.2) is 16.6 Å². The first-order valence-electron chi connectivity index (χ1n) is 3.67. The molecule has 13 heavy (non-hydrogen) atoms. The summed E-state index contributed by atoms with van der Waals surface area (Å²) in [5.41, 5.74) is 1.57. The average Bonchev–Trinajstić information content (AvgIpc) is 1.98. The fraction of sp³-hybridized carbons (Fsp3) is 0.222. The fourth-order valence-corrected chi connectivity index (χ4v) is 1.92. The van der Waals surface area contributed by atoms with Crippen LogP contribution in [0.2, 0.25) is 5.02 Å². The predicted octanol–water partition coefficient (Wildman–Crippen LogP) is 3.04. The average molecular weight is 264 g/mol. The Morgan fingerprint density at radius 3 is 2.77 bits per heavy atom. The van der Waals surface area contributed by atoms with Crippen LogP contribution in [0.4, 0.5) is 0 Å². The minimum Gasteiger partial charge on any atom is -0.481 e. The molecule has 4 heteroatoms. The number of rotatable bonds is 2. The van der Waals surface area contributed by atoms with E-state index in [0.29, 0.717) is 5.02 Å². The molecule has 1 aromatic rings. The number of benzene rings is 1. The third-order valence-corrected chi connectivity index (χ3v) is 2.61. The Bertz CT molecular complexity index is 350. The predicted molar refractivity (Wildman–Crippen MR) is 55.2 cm³/mol. The van der Waals surface area contributed by atoms with Gasteiger partial charge in [0.2, 0.25) is 0 Å². The van der Waals surface area contributed by atoms with Crippen LogP contribution >= 0.6 is 27.5 Å². The van der Waals surface area contributed by atoms with Crippen LogP contribution in [-0.4, -0.2) is 11.1 Å². The molecular formula is C9H8BrClO2. The highest BCUT2D eigenvalue weighted by Gasteiger charge is 2.07. The lowest BCUT2D eigenvalue weighted by atomic mass is 10.1. The van der Waals surface area contributed by atoms with Crippen LogP contribution in [-0.2, 0) is 11.2 Å². The third kappa shape index (κ3) is 2.71. The molecule has 0 saturated carbocycles. The van der Waals surface area contributed by atoms with E-state index < -0.39 is 5.97 Å². The summed E-state index contributed by atoms with van der Waals surface area (Å²) in [6.45, 7) is 1.81. The maximum absolute atomic E-state index is 10.5. The van der Waals surface area contributed by atoms with Crippen LogP contribution in [0, 0.1) is 6.92 Å². The number of hydrogen-bond donors (Lipinski definition) is 1. The third-order valence-electron chi connectivity index (χ3n) is 1.76. The summed E-state index contributed by atoms with van der Waals surface area (Å²) in [7, 11) is 0. The second-order valence-corrected chi connectivity index (χ2v) is 4.07. The maximum atomic E-state index is 10.5. The Morgan fingerprint density at radius 1 is 1.62 bits per heavy atom. The van der Waals surface area contributed by atoms with Crippen molar-refractivity contribution in [3.8, 4) is 0 Å². The Kier molecular flexibility index (Phi) is 3.33. The molecule has 0 atom stereocenters. The number of carboxylic acids is 1. The molecule has 0 fully saturated rings. The summed E-state index contributed by atoms with van der Waals surface area (Å²) in [5.74, 6) is -0.850. The quantitative estimate of drug-likeness (QED) is 0.890. The van der Waals surface area contributed by atoms with Crippen molar-refractivity contribution in [2.75, 3.05) is 0 Å². The first-order chi connectivity index (χ1) is 6.00. The second kappa shape index (κ2) is 4.11. The molecule has 0 bridgehead atoms. The van der Waals surface area contributed by atoms with E-state index in [1.807, 2.05) is 6.92 Å². The van der Waals surface area contributed by atoms with Crippen LogP contribution in [0.1, 0.15) is 11.1 Å². The van der Waals surface area contributed by atoms with Crippen molar-refractivity contribution in [3.63, 3.8) is 0 Å². The van der Waals surface area contributed by atoms with Crippen LogP contribution in [0.3, 0.4) is 0 Å². The van der Waals surface area contributed by atoms with E-state index in [2.05, 4.69) is 15.9 Å². The number of carbonyl (C=O) groups is 1. The largest absolute Gasteiger partial charge is 0.481 e. The summed E-state index contributed by atoms with van der Waals surface area (Å²) in [6, 6.07) is 3.53. The summed E-state index contributed by atoms with van der Waals surface area (Å²) in [6.07, 6.45) is 0.00495. The summed E-state index contributed by atoms with van der Waals surface area (Å²) < 4.78 is 0.805. The molecule has 0 amide bonds. The van der Waals surface area contributed by atoms with Gasteiger partial charge in [0, 0.05) is 9.50 Å². The Hall–Kier alpha value is -0.540. The van der Waals surface area contributed by atoms with Gasteiger partial charge in [0.05, 0.1) is 6.42 Å². The van der Waals surface area contributed by atoms with Crippen molar-refractivity contribution in [2.45, 2.75) is 13.3 Å². The molecule has 0 unspecified atom stereocenters. The maximum Gasteiger partial charge on any atom is 0.307 e. The van der Waals surface area contributed by atoms with Gasteiger partial charge in [0.25, 0.3) is 0 Å². The number of carboxylic acid groups (broad SMARTS) is 1. The molecule has 1 N–H and O–H groups in total. The first-order valence-corrected chi connectivity index (χ1v) is 4.84. The number of halogens is 2. The van der Waals surface area contributed by atoms with E-state index >= 15 is 0 Å². The molecule has 0 aliphatic rings. The molecular weight excluding hydrogens is 255 g/mol. The topological polar surface area (TPSA) is 37.3 Å². The van der Waals surface area contributed by atoms with Crippen molar-refractivity contribution >= 4 is 33.5 Å². The van der Waals surface area contributed by atoms with Crippen molar-refractivity contribution < 1.29 is 9.90 Å². The number of aliphatic carboxylic acids is 1. The highest BCUT2D eigenvalue weighted by molar-refractivity contribution is 9.10. The molecule has 70 valence electrons. The van der Waals surface area contributed by atoms with Gasteiger partial charge in [-0.1, -0.05) is 27.5 Å². The first kappa shape index (κ1) is 10.5. The minimum absolute atomic E-state index is 0.00495. The molecule has 0 aliphatic heterocycles. The molecule has 1 aromatic carbocycles. The smallest absolute Gasteiger partial charge is 0.307 e. The van der Waals surface area contributed by atoms with E-state index in [-0.39, 0.29) is 6.42 Å². The van der Waals surface area contributed by atoms with Gasteiger partial charge in [0.15, 0.2) is 0 Å². The van der Waals surface area contributed by atoms with Crippen molar-refractivity contribution in [2.24, 2.45) is 0 Å². The number of hydrogen-bond acceptors (Lipinski definition) is 1. The lowest BCUT2D eigenvalue weighted by Gasteiger charge is -2.05. The van der Waals surface area contributed by atoms with Gasteiger partial charge >= 0.3 is 5.97 Å². The van der Waals surface area contributed by atoms with Crippen molar-refractivity contribution in [1.29, 1.82) is 0 Å². The summed E-state index contributed by atoms with van der Waals surface area (Å²) in [5, 5.41) is 9.20. The SMILES string of the molecule is Cc1c(Cl)cc(Br)cc1CC(=O)O. The van der Waals surface area contributed by atoms with Crippen LogP contribution in [0.25, 0.3) is 0 Å². The zero-order valence-corrected chi connectivity index (χ0v) is 9.32. The van der Waals surface area contributed by atoms with Crippen LogP contribution < -0.4 is 0 Å². The van der Waals surface area contributed by atoms with Gasteiger partial charge in [0.1, 0.15) is 0 Å². The van der Waals surface area contributed by atoms with E-state index in [0.717, 1.165) is 15.6 Å². The summed E-state index contributed by atoms with van der Waals surface area (Å²) >= 11 is 9.14. The molecule has 0 aliphatic carbocycles. The molecule has 1 rings (SSSR count). The van der Waals surface area contributed by atoms with Crippen LogP contribution in [0.5, 0.6) is 0 Å². The molecule has 2 nitrogen and oxygen atoms in total. The van der Waals surface area contributed by atoms with Gasteiger partial charge in [-0.25, -0.2) is 0 Å². The highest BCUT2D eigenvalue weighted by Crippen LogP contribution is 2.25. The lowest BCUT2D eigenvalue weighted by molar-refractivity contribution is -0.136. The monoisotopic (exact) mass is 262 g/mol. The van der Waals surface area contributed by atoms with E-state index in [1.165, 1.54) is 0 Å². The lowest BCUT2D eigenvalue weighted by Crippen LogP contribution is -2.02. The van der Waals surface area contributed by atoms with E-state index in [4.69, 9.17) is 16.7 Å². The molecule has 0 saturated heterocycles. The van der Waals surface area contributed by atoms with Crippen molar-refractivity contribution in [1.82, 2.24) is 0 Å². The Morgan fingerprint density at radius 2 is 2.23 bits per heavy atom. The van der Waals surface area contributed by atoms with Gasteiger partial charge in [-0.2, -0.15) is 0 Å². The summed E-state index contributed by atoms with van der Waals surface area (Å²) in [4.78, 5) is 10.5. The van der Waals surface area contributed by atoms with E-state index in [1.54, 1.807) is 12.1 Å². The molecule has 0 aromatic heterocycles. The van der Waals surface area contributed by atoms with Crippen molar-refractivity contribution in [3.05, 3.63) is 32.8 Å². The van der Waals surface area contributed by atoms with Gasteiger partial charge in [-0.05, 0) is 30.2 Å². The second-order valence-electron chi connectivity index (χ2n) is 2.74. The Labute approximate surface area is 89.7 Å². The van der Waals surface area contributed by atoms with Gasteiger partial charge in [-0.15, -0.1) is 0 Å². The Balaban J connectivity index is 3.12. The molecule has 0 spiro atoms. The van der Waals surface area contributed by atoms with Gasteiger partial charge in [-0.3, -0.25) is 4.79 Å². The standard InChI is InChI=1S/C9H8BrClO2/c1-5-6(3-9(12)13)2-7(10)4-8(5)11/h2,4H,3H2,1H3,(H,12,13). The zero-order valence-electron chi connectivity index (χ0n) is 6.97. The minimum atomic E-state index is -0.850.